The first-order valence-electron chi connectivity index (χ1n) is 14.7. The summed E-state index contributed by atoms with van der Waals surface area (Å²) in [6.07, 6.45) is 2.77. The molecule has 1 saturated heterocycles. The molecule has 44 heavy (non-hydrogen) atoms. The van der Waals surface area contributed by atoms with Crippen molar-refractivity contribution in [1.82, 2.24) is 4.90 Å². The van der Waals surface area contributed by atoms with Crippen LogP contribution in [0.15, 0.2) is 65.6 Å². The Balaban J connectivity index is 1.34. The topological polar surface area (TPSA) is 101 Å². The molecule has 2 fully saturated rings. The molecular weight excluding hydrogens is 612 g/mol. The number of likely N-dealkylation sites (tertiary alicyclic amines) is 1. The van der Waals surface area contributed by atoms with E-state index in [4.69, 9.17) is 16.3 Å². The van der Waals surface area contributed by atoms with E-state index in [1.54, 1.807) is 23.1 Å². The first-order valence-corrected chi connectivity index (χ1v) is 16.6. The average molecular weight is 644 g/mol. The van der Waals surface area contributed by atoms with E-state index in [9.17, 15) is 31.9 Å². The number of nitrogens with zero attached hydrogens (tertiary/aromatic N) is 1. The number of carbonyl (C=O) groups excluding carboxylic acids is 1. The zero-order valence-electron chi connectivity index (χ0n) is 23.8. The number of carboxylic acid groups (broad SMARTS) is 1. The SMILES string of the molecule is O=C(O)[C@H]1CC[C@H](C(=O)N2CC[C@@]3(S(=O)(=O)c4ccc(F)cc4)c4ccc(OCc5cc(F)ccc5Cl)cc4CC[C@@H]23)CC1. The molecule has 7 nitrogen and oxygen atoms in total. The van der Waals surface area contributed by atoms with Crippen molar-refractivity contribution in [2.45, 2.75) is 67.2 Å². The summed E-state index contributed by atoms with van der Waals surface area (Å²) < 4.78 is 61.2. The molecule has 2 aliphatic carbocycles. The number of amides is 1. The van der Waals surface area contributed by atoms with Crippen LogP contribution in [0.5, 0.6) is 5.75 Å². The fourth-order valence-corrected chi connectivity index (χ4v) is 9.86. The van der Waals surface area contributed by atoms with Crippen molar-refractivity contribution in [2.75, 3.05) is 6.54 Å². The Morgan fingerprint density at radius 1 is 0.932 bits per heavy atom. The van der Waals surface area contributed by atoms with Crippen LogP contribution in [0.25, 0.3) is 0 Å². The maximum absolute atomic E-state index is 14.6. The van der Waals surface area contributed by atoms with E-state index in [0.717, 1.165) is 17.7 Å². The van der Waals surface area contributed by atoms with Crippen LogP contribution in [0.4, 0.5) is 8.78 Å². The van der Waals surface area contributed by atoms with Gasteiger partial charge in [-0.05, 0) is 111 Å². The lowest BCUT2D eigenvalue weighted by Crippen LogP contribution is -2.53. The third kappa shape index (κ3) is 5.26. The number of hydrogen-bond acceptors (Lipinski definition) is 5. The first kappa shape index (κ1) is 30.5. The first-order chi connectivity index (χ1) is 21.0. The second kappa shape index (κ2) is 11.8. The predicted octanol–water partition coefficient (Wildman–Crippen LogP) is 6.30. The van der Waals surface area contributed by atoms with E-state index in [2.05, 4.69) is 0 Å². The van der Waals surface area contributed by atoms with E-state index >= 15 is 0 Å². The Bertz CT molecular complexity index is 1710. The van der Waals surface area contributed by atoms with Gasteiger partial charge in [-0.2, -0.15) is 0 Å². The van der Waals surface area contributed by atoms with Gasteiger partial charge in [0.05, 0.1) is 16.9 Å². The van der Waals surface area contributed by atoms with Gasteiger partial charge >= 0.3 is 5.97 Å². The smallest absolute Gasteiger partial charge is 0.306 e. The van der Waals surface area contributed by atoms with Crippen molar-refractivity contribution in [2.24, 2.45) is 11.8 Å². The Morgan fingerprint density at radius 3 is 2.32 bits per heavy atom. The highest BCUT2D eigenvalue weighted by Gasteiger charge is 2.61. The molecule has 1 heterocycles. The standard InChI is InChI=1S/C33H32ClF2NO6S/c34-29-13-8-25(36)17-23(29)19-43-26-9-12-28-22(18-26)5-14-30-33(28,44(41,42)27-10-6-24(35)7-11-27)15-16-37(30)31(38)20-1-3-21(4-2-20)32(39)40/h6-13,17-18,20-21,30H,1-5,14-16,19H2,(H,39,40)/t20-,21-,30-,33-/m1/s1. The van der Waals surface area contributed by atoms with Crippen LogP contribution in [-0.4, -0.2) is 42.9 Å². The van der Waals surface area contributed by atoms with Crippen LogP contribution in [0.3, 0.4) is 0 Å². The summed E-state index contributed by atoms with van der Waals surface area (Å²) >= 11 is 6.20. The molecule has 0 bridgehead atoms. The number of aryl methyl sites for hydroxylation is 1. The minimum Gasteiger partial charge on any atom is -0.489 e. The summed E-state index contributed by atoms with van der Waals surface area (Å²) in [7, 11) is -4.12. The van der Waals surface area contributed by atoms with Crippen LogP contribution >= 0.6 is 11.6 Å². The van der Waals surface area contributed by atoms with Gasteiger partial charge < -0.3 is 14.7 Å². The number of sulfone groups is 1. The van der Waals surface area contributed by atoms with E-state index in [0.29, 0.717) is 60.4 Å². The second-order valence-electron chi connectivity index (χ2n) is 11.9. The molecule has 11 heteroatoms. The number of carbonyl (C=O) groups is 2. The maximum atomic E-state index is 14.6. The van der Waals surface area contributed by atoms with Crippen LogP contribution in [0.2, 0.25) is 5.02 Å². The molecule has 3 aromatic carbocycles. The van der Waals surface area contributed by atoms with Crippen molar-refractivity contribution in [3.05, 3.63) is 94.0 Å². The monoisotopic (exact) mass is 643 g/mol. The number of carboxylic acids is 1. The van der Waals surface area contributed by atoms with Gasteiger partial charge in [-0.1, -0.05) is 17.7 Å². The molecular formula is C33H32ClF2NO6S. The fourth-order valence-electron chi connectivity index (χ4n) is 7.32. The molecule has 0 radical (unpaired) electrons. The van der Waals surface area contributed by atoms with E-state index < -0.39 is 44.1 Å². The fraction of sp³-hybridized carbons (Fsp3) is 0.394. The van der Waals surface area contributed by atoms with Gasteiger partial charge in [0.25, 0.3) is 0 Å². The third-order valence-electron chi connectivity index (χ3n) is 9.57. The Kier molecular flexibility index (Phi) is 8.17. The number of rotatable bonds is 7. The molecule has 0 unspecified atom stereocenters. The normalized spacial score (nSPS) is 24.8. The number of hydrogen-bond donors (Lipinski definition) is 1. The molecule has 1 saturated carbocycles. The molecule has 1 aliphatic heterocycles. The lowest BCUT2D eigenvalue weighted by Gasteiger charge is -2.43. The summed E-state index contributed by atoms with van der Waals surface area (Å²) in [5.74, 6) is -2.33. The van der Waals surface area contributed by atoms with Crippen LogP contribution in [0, 0.1) is 23.5 Å². The number of aliphatic carboxylic acids is 1. The Hall–Kier alpha value is -3.50. The van der Waals surface area contributed by atoms with Crippen molar-refractivity contribution in [3.8, 4) is 5.75 Å². The summed E-state index contributed by atoms with van der Waals surface area (Å²) in [5, 5.41) is 9.75. The van der Waals surface area contributed by atoms with Crippen LogP contribution in [0.1, 0.15) is 55.2 Å². The van der Waals surface area contributed by atoms with E-state index in [1.165, 1.54) is 30.3 Å². The van der Waals surface area contributed by atoms with Gasteiger partial charge in [0, 0.05) is 23.0 Å². The Morgan fingerprint density at radius 2 is 1.61 bits per heavy atom. The van der Waals surface area contributed by atoms with Crippen LogP contribution in [-0.2, 0) is 37.2 Å². The lowest BCUT2D eigenvalue weighted by atomic mass is 9.77. The summed E-state index contributed by atoms with van der Waals surface area (Å²) in [6, 6.07) is 13.3. The maximum Gasteiger partial charge on any atom is 0.306 e. The van der Waals surface area contributed by atoms with Gasteiger partial charge in [-0.3, -0.25) is 9.59 Å². The predicted molar refractivity (Wildman–Crippen MR) is 159 cm³/mol. The van der Waals surface area contributed by atoms with Gasteiger partial charge in [0.1, 0.15) is 28.7 Å². The second-order valence-corrected chi connectivity index (χ2v) is 14.5. The van der Waals surface area contributed by atoms with Crippen molar-refractivity contribution in [1.29, 1.82) is 0 Å². The molecule has 3 aromatic rings. The van der Waals surface area contributed by atoms with Gasteiger partial charge in [0.15, 0.2) is 9.84 Å². The molecule has 0 aromatic heterocycles. The molecule has 6 rings (SSSR count). The van der Waals surface area contributed by atoms with Gasteiger partial charge in [-0.15, -0.1) is 0 Å². The number of ether oxygens (including phenoxy) is 1. The lowest BCUT2D eigenvalue weighted by molar-refractivity contribution is -0.146. The number of fused-ring (bicyclic) bond motifs is 3. The quantitative estimate of drug-likeness (QED) is 0.303. The Labute approximate surface area is 259 Å². The van der Waals surface area contributed by atoms with Crippen molar-refractivity contribution >= 4 is 33.3 Å². The summed E-state index contributed by atoms with van der Waals surface area (Å²) in [6.45, 7) is 0.252. The highest BCUT2D eigenvalue weighted by atomic mass is 35.5. The largest absolute Gasteiger partial charge is 0.489 e. The molecule has 232 valence electrons. The molecule has 3 aliphatic rings. The minimum absolute atomic E-state index is 0.0173. The number of halogens is 3. The van der Waals surface area contributed by atoms with Crippen molar-refractivity contribution in [3.63, 3.8) is 0 Å². The van der Waals surface area contributed by atoms with Gasteiger partial charge in [-0.25, -0.2) is 17.2 Å². The van der Waals surface area contributed by atoms with E-state index in [1.807, 2.05) is 0 Å². The highest BCUT2D eigenvalue weighted by molar-refractivity contribution is 7.92. The van der Waals surface area contributed by atoms with Crippen LogP contribution < -0.4 is 4.74 Å². The summed E-state index contributed by atoms with van der Waals surface area (Å²) in [4.78, 5) is 27.0. The highest BCUT2D eigenvalue weighted by Crippen LogP contribution is 2.53. The zero-order chi connectivity index (χ0) is 31.2. The average Bonchev–Trinajstić information content (AvgIpc) is 3.43. The molecule has 1 N–H and O–H groups in total. The minimum atomic E-state index is -4.12. The van der Waals surface area contributed by atoms with Crippen molar-refractivity contribution < 1.29 is 36.6 Å². The third-order valence-corrected chi connectivity index (χ3v) is 12.5. The number of benzene rings is 3. The van der Waals surface area contributed by atoms with E-state index in [-0.39, 0.29) is 36.3 Å². The molecule has 0 spiro atoms. The zero-order valence-corrected chi connectivity index (χ0v) is 25.4. The summed E-state index contributed by atoms with van der Waals surface area (Å²) in [5.41, 5.74) is 1.83. The van der Waals surface area contributed by atoms with Gasteiger partial charge in [0.2, 0.25) is 5.91 Å². The molecule has 2 atom stereocenters. The molecule has 1 amide bonds.